The fourth-order valence-electron chi connectivity index (χ4n) is 5.03. The maximum absolute atomic E-state index is 2.41. The van der Waals surface area contributed by atoms with E-state index in [1.54, 1.807) is 0 Å². The van der Waals surface area contributed by atoms with Crippen molar-refractivity contribution in [3.8, 4) is 0 Å². The number of hydrogen-bond donors (Lipinski definition) is 0. The van der Waals surface area contributed by atoms with Gasteiger partial charge in [0, 0.05) is 0 Å². The van der Waals surface area contributed by atoms with Gasteiger partial charge in [-0.3, -0.25) is 0 Å². The van der Waals surface area contributed by atoms with Gasteiger partial charge in [0.1, 0.15) is 0 Å². The van der Waals surface area contributed by atoms with Crippen molar-refractivity contribution in [3.05, 3.63) is 24.3 Å². The van der Waals surface area contributed by atoms with Gasteiger partial charge in [-0.1, -0.05) is 161 Å². The molecule has 0 heteroatoms. The van der Waals surface area contributed by atoms with Crippen LogP contribution in [0.5, 0.6) is 0 Å². The summed E-state index contributed by atoms with van der Waals surface area (Å²) in [4.78, 5) is 0. The van der Waals surface area contributed by atoms with Gasteiger partial charge in [0.15, 0.2) is 0 Å². The first kappa shape index (κ1) is 32.5. The highest BCUT2D eigenvalue weighted by Gasteiger charge is 2.10. The third-order valence-electron chi connectivity index (χ3n) is 7.08. The molecule has 0 heterocycles. The molecule has 0 saturated carbocycles. The van der Waals surface area contributed by atoms with Crippen LogP contribution in [0.1, 0.15) is 175 Å². The van der Waals surface area contributed by atoms with E-state index >= 15 is 0 Å². The third-order valence-corrected chi connectivity index (χ3v) is 7.08. The molecule has 196 valence electrons. The third kappa shape index (κ3) is 27.6. The summed E-state index contributed by atoms with van der Waals surface area (Å²) in [5.74, 6) is 1.87. The van der Waals surface area contributed by atoms with Crippen LogP contribution in [0.15, 0.2) is 24.3 Å². The Kier molecular flexibility index (Phi) is 27.3. The Morgan fingerprint density at radius 3 is 1.33 bits per heavy atom. The molecule has 0 rings (SSSR count). The smallest absolute Gasteiger partial charge is 0.0169 e. The Morgan fingerprint density at radius 2 is 0.848 bits per heavy atom. The van der Waals surface area contributed by atoms with Crippen LogP contribution in [0.4, 0.5) is 0 Å². The van der Waals surface area contributed by atoms with Crippen LogP contribution < -0.4 is 0 Å². The number of unbranched alkanes of at least 4 members (excludes halogenated alkanes) is 16. The summed E-state index contributed by atoms with van der Waals surface area (Å²) in [5.41, 5.74) is 0. The lowest BCUT2D eigenvalue weighted by molar-refractivity contribution is 0.338. The fraction of sp³-hybridized carbons (Fsp3) is 0.879. The van der Waals surface area contributed by atoms with Crippen LogP contribution >= 0.6 is 0 Å². The summed E-state index contributed by atoms with van der Waals surface area (Å²) in [6.45, 7) is 9.41. The minimum atomic E-state index is 0.871. The predicted octanol–water partition coefficient (Wildman–Crippen LogP) is 12.4. The second-order valence-corrected chi connectivity index (χ2v) is 11.1. The Morgan fingerprint density at radius 1 is 0.455 bits per heavy atom. The second kappa shape index (κ2) is 27.7. The van der Waals surface area contributed by atoms with Crippen molar-refractivity contribution in [3.63, 3.8) is 0 Å². The standard InChI is InChI=1S/C33H64/c1-5-7-9-11-13-14-15-16-17-18-19-20-21-22-24-26-28-30-33(31-32(3)4)29-27-25-23-12-10-8-6-2/h13-14,16-17,32-33H,5-12,15,18-31H2,1-4H3. The molecule has 0 aliphatic carbocycles. The first-order valence-corrected chi connectivity index (χ1v) is 15.5. The van der Waals surface area contributed by atoms with Gasteiger partial charge in [-0.15, -0.1) is 0 Å². The molecule has 0 radical (unpaired) electrons. The molecule has 0 nitrogen and oxygen atoms in total. The Bertz CT molecular complexity index is 402. The summed E-state index contributed by atoms with van der Waals surface area (Å²) in [6.07, 6.45) is 41.9. The zero-order chi connectivity index (χ0) is 24.2. The molecule has 0 aromatic heterocycles. The summed E-state index contributed by atoms with van der Waals surface area (Å²) in [7, 11) is 0. The molecular formula is C33H64. The molecule has 0 aliphatic heterocycles. The molecule has 0 amide bonds. The monoisotopic (exact) mass is 461 g/mol. The minimum Gasteiger partial charge on any atom is -0.0882 e. The first-order chi connectivity index (χ1) is 16.2. The average molecular weight is 461 g/mol. The molecule has 0 spiro atoms. The van der Waals surface area contributed by atoms with Crippen molar-refractivity contribution >= 4 is 0 Å². The summed E-state index contributed by atoms with van der Waals surface area (Å²) in [6, 6.07) is 0. The van der Waals surface area contributed by atoms with Crippen molar-refractivity contribution in [2.75, 3.05) is 0 Å². The molecule has 0 aliphatic rings. The molecule has 0 bridgehead atoms. The SMILES string of the molecule is CCCCCC=CCC=CCCCCCCCCCC(CCCCCCCCC)CC(C)C. The fourth-order valence-corrected chi connectivity index (χ4v) is 5.03. The van der Waals surface area contributed by atoms with E-state index in [2.05, 4.69) is 52.0 Å². The van der Waals surface area contributed by atoms with E-state index in [1.165, 1.54) is 141 Å². The maximum atomic E-state index is 2.41. The van der Waals surface area contributed by atoms with Gasteiger partial charge in [-0.05, 0) is 50.4 Å². The quantitative estimate of drug-likeness (QED) is 0.0888. The van der Waals surface area contributed by atoms with E-state index in [4.69, 9.17) is 0 Å². The maximum Gasteiger partial charge on any atom is -0.0169 e. The van der Waals surface area contributed by atoms with Gasteiger partial charge in [-0.2, -0.15) is 0 Å². The highest BCUT2D eigenvalue weighted by atomic mass is 14.2. The highest BCUT2D eigenvalue weighted by Crippen LogP contribution is 2.25. The van der Waals surface area contributed by atoms with Gasteiger partial charge in [-0.25, -0.2) is 0 Å². The summed E-state index contributed by atoms with van der Waals surface area (Å²) >= 11 is 0. The van der Waals surface area contributed by atoms with Gasteiger partial charge in [0.2, 0.25) is 0 Å². The molecule has 0 aromatic carbocycles. The van der Waals surface area contributed by atoms with E-state index < -0.39 is 0 Å². The number of hydrogen-bond acceptors (Lipinski definition) is 0. The second-order valence-electron chi connectivity index (χ2n) is 11.1. The zero-order valence-electron chi connectivity index (χ0n) is 23.7. The van der Waals surface area contributed by atoms with Crippen LogP contribution in [0, 0.1) is 11.8 Å². The number of rotatable bonds is 26. The molecule has 0 N–H and O–H groups in total. The van der Waals surface area contributed by atoms with E-state index in [-0.39, 0.29) is 0 Å². The van der Waals surface area contributed by atoms with Gasteiger partial charge in [0.25, 0.3) is 0 Å². The van der Waals surface area contributed by atoms with Crippen molar-refractivity contribution in [2.24, 2.45) is 11.8 Å². The Hall–Kier alpha value is -0.520. The lowest BCUT2D eigenvalue weighted by atomic mass is 9.87. The minimum absolute atomic E-state index is 0.871. The molecule has 0 fully saturated rings. The molecule has 0 aromatic rings. The van der Waals surface area contributed by atoms with Crippen LogP contribution in [-0.4, -0.2) is 0 Å². The molecular weight excluding hydrogens is 396 g/mol. The lowest BCUT2D eigenvalue weighted by Crippen LogP contribution is -2.05. The van der Waals surface area contributed by atoms with Crippen molar-refractivity contribution in [1.82, 2.24) is 0 Å². The van der Waals surface area contributed by atoms with E-state index in [0.29, 0.717) is 0 Å². The topological polar surface area (TPSA) is 0 Å². The Labute approximate surface area is 211 Å². The van der Waals surface area contributed by atoms with Crippen LogP contribution in [-0.2, 0) is 0 Å². The molecule has 0 saturated heterocycles. The Balaban J connectivity index is 3.54. The molecule has 1 atom stereocenters. The van der Waals surface area contributed by atoms with Crippen molar-refractivity contribution in [1.29, 1.82) is 0 Å². The zero-order valence-corrected chi connectivity index (χ0v) is 23.7. The predicted molar refractivity (Wildman–Crippen MR) is 154 cm³/mol. The van der Waals surface area contributed by atoms with Gasteiger partial charge in [0.05, 0.1) is 0 Å². The van der Waals surface area contributed by atoms with Gasteiger partial charge < -0.3 is 0 Å². The average Bonchev–Trinajstić information content (AvgIpc) is 2.80. The molecule has 33 heavy (non-hydrogen) atoms. The van der Waals surface area contributed by atoms with E-state index in [0.717, 1.165) is 18.3 Å². The van der Waals surface area contributed by atoms with Crippen LogP contribution in [0.25, 0.3) is 0 Å². The van der Waals surface area contributed by atoms with E-state index in [1.807, 2.05) is 0 Å². The highest BCUT2D eigenvalue weighted by molar-refractivity contribution is 4.92. The number of allylic oxidation sites excluding steroid dienone is 4. The van der Waals surface area contributed by atoms with Gasteiger partial charge >= 0.3 is 0 Å². The van der Waals surface area contributed by atoms with Crippen molar-refractivity contribution in [2.45, 2.75) is 175 Å². The van der Waals surface area contributed by atoms with E-state index in [9.17, 15) is 0 Å². The largest absolute Gasteiger partial charge is 0.0882 e. The van der Waals surface area contributed by atoms with Crippen LogP contribution in [0.3, 0.4) is 0 Å². The lowest BCUT2D eigenvalue weighted by Gasteiger charge is -2.19. The molecule has 1 unspecified atom stereocenters. The van der Waals surface area contributed by atoms with Crippen LogP contribution in [0.2, 0.25) is 0 Å². The normalized spacial score (nSPS) is 13.1. The first-order valence-electron chi connectivity index (χ1n) is 15.5. The summed E-state index contributed by atoms with van der Waals surface area (Å²) in [5, 5.41) is 0. The van der Waals surface area contributed by atoms with Crippen molar-refractivity contribution < 1.29 is 0 Å². The summed E-state index contributed by atoms with van der Waals surface area (Å²) < 4.78 is 0.